The minimum absolute atomic E-state index is 0. The van der Waals surface area contributed by atoms with Crippen LogP contribution in [0.2, 0.25) is 0 Å². The Kier molecular flexibility index (Phi) is 7.38. The van der Waals surface area contributed by atoms with Gasteiger partial charge in [-0.1, -0.05) is 12.1 Å². The van der Waals surface area contributed by atoms with E-state index in [0.29, 0.717) is 0 Å². The molecule has 0 unspecified atom stereocenters. The van der Waals surface area contributed by atoms with Gasteiger partial charge in [-0.2, -0.15) is 0 Å². The van der Waals surface area contributed by atoms with Crippen LogP contribution in [0.15, 0.2) is 24.3 Å². The Morgan fingerprint density at radius 2 is 1.75 bits per heavy atom. The summed E-state index contributed by atoms with van der Waals surface area (Å²) in [7, 11) is 0. The molecule has 0 aromatic heterocycles. The smallest absolute Gasteiger partial charge is 1.00 e. The van der Waals surface area contributed by atoms with Gasteiger partial charge in [0.1, 0.15) is 11.3 Å². The number of carboxylic acids is 1. The Morgan fingerprint density at radius 1 is 1.25 bits per heavy atom. The fourth-order valence-electron chi connectivity index (χ4n) is 0.654. The fourth-order valence-corrected chi connectivity index (χ4v) is 0.654. The molecule has 0 fully saturated rings. The molecular weight excluding hydrogens is 146 g/mol. The molecule has 1 aromatic carbocycles. The molecule has 2 N–H and O–H groups in total. The van der Waals surface area contributed by atoms with Crippen molar-refractivity contribution in [3.8, 4) is 5.75 Å². The first-order chi connectivity index (χ1) is 4.72. The molecule has 5 heteroatoms. The molecule has 12 heavy (non-hydrogen) atoms. The van der Waals surface area contributed by atoms with Gasteiger partial charge in [0.05, 0.1) is 0 Å². The molecule has 0 amide bonds. The minimum Gasteiger partial charge on any atom is -1.00 e. The van der Waals surface area contributed by atoms with Crippen LogP contribution in [-0.4, -0.2) is 16.2 Å². The molecule has 1 aromatic rings. The molecule has 0 aliphatic rings. The number of aromatic carboxylic acids is 1. The van der Waals surface area contributed by atoms with Crippen LogP contribution in [0.5, 0.6) is 5.75 Å². The third-order valence-corrected chi connectivity index (χ3v) is 1.13. The van der Waals surface area contributed by atoms with Crippen molar-refractivity contribution in [3.63, 3.8) is 0 Å². The second-order valence-corrected chi connectivity index (χ2v) is 1.82. The van der Waals surface area contributed by atoms with Crippen LogP contribution in [0.3, 0.4) is 0 Å². The molecule has 0 bridgehead atoms. The van der Waals surface area contributed by atoms with Gasteiger partial charge in [0.25, 0.3) is 0 Å². The molecule has 0 spiro atoms. The van der Waals surface area contributed by atoms with Crippen molar-refractivity contribution in [2.75, 3.05) is 0 Å². The van der Waals surface area contributed by atoms with Gasteiger partial charge in [-0.15, -0.1) is 0 Å². The van der Waals surface area contributed by atoms with E-state index in [1.54, 1.807) is 12.1 Å². The number of benzene rings is 1. The summed E-state index contributed by atoms with van der Waals surface area (Å²) in [5, 5.41) is 17.3. The van der Waals surface area contributed by atoms with E-state index in [1.807, 2.05) is 0 Å². The molecule has 1 rings (SSSR count). The van der Waals surface area contributed by atoms with Gasteiger partial charge in [-0.3, -0.25) is 0 Å². The van der Waals surface area contributed by atoms with Crippen LogP contribution in [0.1, 0.15) is 13.2 Å². The standard InChI is InChI=1S/C7H6O3.2Li.2H/c8-6-4-2-1-3-5(6)7(9)10;;;;/h1-4,8H,(H,9,10);;;;/q;2*+1;2*-1. The third kappa shape index (κ3) is 3.39. The van der Waals surface area contributed by atoms with Gasteiger partial charge in [0.15, 0.2) is 0 Å². The van der Waals surface area contributed by atoms with Crippen LogP contribution < -0.4 is 37.7 Å². The Bertz CT molecular complexity index is 271. The van der Waals surface area contributed by atoms with Gasteiger partial charge in [0.2, 0.25) is 0 Å². The van der Waals surface area contributed by atoms with Gasteiger partial charge < -0.3 is 13.1 Å². The van der Waals surface area contributed by atoms with E-state index in [2.05, 4.69) is 0 Å². The predicted molar refractivity (Wildman–Crippen MR) is 37.3 cm³/mol. The normalized spacial score (nSPS) is 7.67. The largest absolute Gasteiger partial charge is 1.00 e. The van der Waals surface area contributed by atoms with E-state index in [-0.39, 0.29) is 51.9 Å². The molecule has 3 nitrogen and oxygen atoms in total. The predicted octanol–water partition coefficient (Wildman–Crippen LogP) is -4.68. The van der Waals surface area contributed by atoms with E-state index in [1.165, 1.54) is 12.1 Å². The van der Waals surface area contributed by atoms with Crippen molar-refractivity contribution in [2.45, 2.75) is 0 Å². The van der Waals surface area contributed by atoms with Crippen LogP contribution in [0.4, 0.5) is 0 Å². The van der Waals surface area contributed by atoms with E-state index in [9.17, 15) is 4.79 Å². The van der Waals surface area contributed by atoms with Gasteiger partial charge in [-0.05, 0) is 12.1 Å². The number of carbonyl (C=O) groups is 1. The van der Waals surface area contributed by atoms with Crippen molar-refractivity contribution in [3.05, 3.63) is 29.8 Å². The average Bonchev–Trinajstić information content (AvgIpc) is 1.88. The number of rotatable bonds is 1. The van der Waals surface area contributed by atoms with Gasteiger partial charge in [0, 0.05) is 0 Å². The van der Waals surface area contributed by atoms with Crippen LogP contribution in [0.25, 0.3) is 0 Å². The SMILES string of the molecule is O=C(O)c1ccccc1O.[H-].[H-].[Li+].[Li+]. The van der Waals surface area contributed by atoms with E-state index in [0.717, 1.165) is 0 Å². The first-order valence-corrected chi connectivity index (χ1v) is 2.73. The maximum atomic E-state index is 10.3. The molecule has 0 radical (unpaired) electrons. The van der Waals surface area contributed by atoms with Crippen LogP contribution >= 0.6 is 0 Å². The van der Waals surface area contributed by atoms with E-state index < -0.39 is 5.97 Å². The van der Waals surface area contributed by atoms with Crippen molar-refractivity contribution < 1.29 is 55.6 Å². The second kappa shape index (κ2) is 6.23. The number of hydrogen-bond acceptors (Lipinski definition) is 2. The number of aromatic hydroxyl groups is 1. The molecule has 0 saturated heterocycles. The molecule has 0 saturated carbocycles. The monoisotopic (exact) mass is 154 g/mol. The maximum absolute atomic E-state index is 10.3. The molecule has 0 atom stereocenters. The molecule has 0 aliphatic carbocycles. The van der Waals surface area contributed by atoms with Crippen molar-refractivity contribution in [1.29, 1.82) is 0 Å². The Hall–Kier alpha value is -0.315. The number of hydrogen-bond donors (Lipinski definition) is 2. The molecule has 0 heterocycles. The van der Waals surface area contributed by atoms with Gasteiger partial charge in [-0.25, -0.2) is 4.79 Å². The average molecular weight is 154 g/mol. The van der Waals surface area contributed by atoms with E-state index in [4.69, 9.17) is 10.2 Å². The van der Waals surface area contributed by atoms with Crippen LogP contribution in [-0.2, 0) is 0 Å². The quantitative estimate of drug-likeness (QED) is 0.400. The Balaban J connectivity index is -0.000000125. The fraction of sp³-hybridized carbons (Fsp3) is 0. The summed E-state index contributed by atoms with van der Waals surface area (Å²) in [6.07, 6.45) is 0. The summed E-state index contributed by atoms with van der Waals surface area (Å²) < 4.78 is 0. The van der Waals surface area contributed by atoms with Crippen molar-refractivity contribution in [2.24, 2.45) is 0 Å². The Labute approximate surface area is 97.1 Å². The summed E-state index contributed by atoms with van der Waals surface area (Å²) in [5.74, 6) is -1.31. The minimum atomic E-state index is -1.11. The maximum Gasteiger partial charge on any atom is 1.00 e. The third-order valence-electron chi connectivity index (χ3n) is 1.13. The first kappa shape index (κ1) is 14.2. The number of para-hydroxylation sites is 1. The molecule has 0 aliphatic heterocycles. The van der Waals surface area contributed by atoms with Crippen LogP contribution in [0, 0.1) is 0 Å². The van der Waals surface area contributed by atoms with Crippen molar-refractivity contribution in [1.82, 2.24) is 0 Å². The summed E-state index contributed by atoms with van der Waals surface area (Å²) in [6, 6.07) is 5.81. The first-order valence-electron chi connectivity index (χ1n) is 2.73. The topological polar surface area (TPSA) is 57.5 Å². The Morgan fingerprint density at radius 3 is 2.08 bits per heavy atom. The zero-order valence-electron chi connectivity index (χ0n) is 9.11. The second-order valence-electron chi connectivity index (χ2n) is 1.82. The number of carboxylic acid groups (broad SMARTS) is 1. The van der Waals surface area contributed by atoms with E-state index >= 15 is 0 Å². The zero-order chi connectivity index (χ0) is 7.56. The summed E-state index contributed by atoms with van der Waals surface area (Å²) in [6.45, 7) is 0. The zero-order valence-corrected chi connectivity index (χ0v) is 7.11. The van der Waals surface area contributed by atoms with Crippen molar-refractivity contribution >= 4 is 5.97 Å². The van der Waals surface area contributed by atoms with Gasteiger partial charge >= 0.3 is 43.7 Å². The molecular formula is C7H8Li2O3. The molecule has 56 valence electrons. The number of phenols is 1. The summed E-state index contributed by atoms with van der Waals surface area (Å²) >= 11 is 0. The summed E-state index contributed by atoms with van der Waals surface area (Å²) in [4.78, 5) is 10.3. The summed E-state index contributed by atoms with van der Waals surface area (Å²) in [5.41, 5.74) is -0.0671.